The van der Waals surface area contributed by atoms with E-state index in [-0.39, 0.29) is 0 Å². The van der Waals surface area contributed by atoms with Gasteiger partial charge in [-0.05, 0) is 50.8 Å². The molecule has 0 saturated carbocycles. The Morgan fingerprint density at radius 1 is 1.31 bits per heavy atom. The highest BCUT2D eigenvalue weighted by atomic mass is 14.1. The van der Waals surface area contributed by atoms with Crippen molar-refractivity contribution in [3.8, 4) is 0 Å². The Hall–Kier alpha value is -1.04. The lowest BCUT2D eigenvalue weighted by Gasteiger charge is -2.09. The third kappa shape index (κ3) is 2.21. The lowest BCUT2D eigenvalue weighted by Crippen LogP contribution is -1.89. The predicted octanol–water partition coefficient (Wildman–Crippen LogP) is 4.18. The smallest absolute Gasteiger partial charge is 0.00916 e. The van der Waals surface area contributed by atoms with Gasteiger partial charge in [0.2, 0.25) is 0 Å². The van der Waals surface area contributed by atoms with E-state index in [1.54, 1.807) is 0 Å². The van der Waals surface area contributed by atoms with E-state index < -0.39 is 0 Å². The molecule has 0 aromatic carbocycles. The molecule has 0 saturated heterocycles. The molecule has 0 nitrogen and oxygen atoms in total. The molecule has 13 heavy (non-hydrogen) atoms. The average molecular weight is 174 g/mol. The third-order valence-corrected chi connectivity index (χ3v) is 2.84. The number of rotatable bonds is 2. The molecule has 0 heterocycles. The lowest BCUT2D eigenvalue weighted by atomic mass is 9.97. The summed E-state index contributed by atoms with van der Waals surface area (Å²) in [4.78, 5) is 0. The fraction of sp³-hybridized carbons (Fsp3) is 0.385. The van der Waals surface area contributed by atoms with Crippen LogP contribution >= 0.6 is 0 Å². The van der Waals surface area contributed by atoms with Crippen LogP contribution in [0.2, 0.25) is 0 Å². The minimum Gasteiger partial charge on any atom is -0.0844 e. The van der Waals surface area contributed by atoms with E-state index in [2.05, 4.69) is 52.0 Å². The Balaban J connectivity index is 2.92. The molecule has 0 amide bonds. The number of hydrogen-bond donors (Lipinski definition) is 0. The van der Waals surface area contributed by atoms with Crippen LogP contribution in [0, 0.1) is 0 Å². The van der Waals surface area contributed by atoms with E-state index in [0.29, 0.717) is 0 Å². The molecule has 0 aromatic heterocycles. The number of allylic oxidation sites excluding steroid dienone is 8. The Morgan fingerprint density at radius 3 is 2.46 bits per heavy atom. The number of hydrogen-bond acceptors (Lipinski definition) is 0. The molecule has 70 valence electrons. The van der Waals surface area contributed by atoms with E-state index in [0.717, 1.165) is 6.42 Å². The minimum absolute atomic E-state index is 1.10. The normalized spacial score (nSPS) is 18.8. The van der Waals surface area contributed by atoms with Gasteiger partial charge in [0, 0.05) is 0 Å². The van der Waals surface area contributed by atoms with E-state index >= 15 is 0 Å². The van der Waals surface area contributed by atoms with Gasteiger partial charge >= 0.3 is 0 Å². The molecule has 0 heteroatoms. The molecule has 0 unspecified atom stereocenters. The minimum atomic E-state index is 1.10. The maximum Gasteiger partial charge on any atom is -0.00916 e. The SMILES string of the molecule is CC=C(C)C(C)=C(C)C1=CC=CC1. The monoisotopic (exact) mass is 174 g/mol. The van der Waals surface area contributed by atoms with E-state index in [1.807, 2.05) is 0 Å². The molecule has 1 aliphatic rings. The second-order valence-corrected chi connectivity index (χ2v) is 3.55. The van der Waals surface area contributed by atoms with Crippen LogP contribution < -0.4 is 0 Å². The van der Waals surface area contributed by atoms with Crippen molar-refractivity contribution in [3.63, 3.8) is 0 Å². The Labute approximate surface area is 81.4 Å². The van der Waals surface area contributed by atoms with Crippen molar-refractivity contribution in [2.75, 3.05) is 0 Å². The molecule has 0 fully saturated rings. The summed E-state index contributed by atoms with van der Waals surface area (Å²) in [6.45, 7) is 8.67. The Kier molecular flexibility index (Phi) is 3.30. The summed E-state index contributed by atoms with van der Waals surface area (Å²) in [5, 5.41) is 0. The maximum absolute atomic E-state index is 2.21. The molecule has 1 aliphatic carbocycles. The van der Waals surface area contributed by atoms with Crippen LogP contribution in [0.3, 0.4) is 0 Å². The van der Waals surface area contributed by atoms with Gasteiger partial charge in [-0.15, -0.1) is 0 Å². The summed E-state index contributed by atoms with van der Waals surface area (Å²) in [7, 11) is 0. The van der Waals surface area contributed by atoms with Crippen molar-refractivity contribution in [1.82, 2.24) is 0 Å². The largest absolute Gasteiger partial charge is 0.0844 e. The van der Waals surface area contributed by atoms with Crippen LogP contribution in [0.15, 0.2) is 46.6 Å². The first-order valence-electron chi connectivity index (χ1n) is 4.83. The predicted molar refractivity (Wildman–Crippen MR) is 59.6 cm³/mol. The first-order valence-corrected chi connectivity index (χ1v) is 4.83. The Bertz CT molecular complexity index is 309. The van der Waals surface area contributed by atoms with Crippen molar-refractivity contribution in [1.29, 1.82) is 0 Å². The molecule has 0 aliphatic heterocycles. The highest BCUT2D eigenvalue weighted by Crippen LogP contribution is 2.25. The van der Waals surface area contributed by atoms with Gasteiger partial charge in [-0.3, -0.25) is 0 Å². The van der Waals surface area contributed by atoms with Crippen molar-refractivity contribution in [3.05, 3.63) is 46.6 Å². The zero-order chi connectivity index (χ0) is 9.84. The first kappa shape index (κ1) is 10.0. The molecule has 1 rings (SSSR count). The molecule has 0 radical (unpaired) electrons. The zero-order valence-corrected chi connectivity index (χ0v) is 9.02. The fourth-order valence-corrected chi connectivity index (χ4v) is 1.48. The van der Waals surface area contributed by atoms with E-state index in [4.69, 9.17) is 0 Å². The Morgan fingerprint density at radius 2 is 2.00 bits per heavy atom. The lowest BCUT2D eigenvalue weighted by molar-refractivity contribution is 1.17. The van der Waals surface area contributed by atoms with Crippen molar-refractivity contribution >= 4 is 0 Å². The van der Waals surface area contributed by atoms with Gasteiger partial charge in [0.05, 0.1) is 0 Å². The van der Waals surface area contributed by atoms with Crippen LogP contribution in [0.4, 0.5) is 0 Å². The summed E-state index contributed by atoms with van der Waals surface area (Å²) in [6, 6.07) is 0. The van der Waals surface area contributed by atoms with Crippen LogP contribution in [-0.2, 0) is 0 Å². The molecular weight excluding hydrogens is 156 g/mol. The maximum atomic E-state index is 2.21. The quantitative estimate of drug-likeness (QED) is 0.551. The molecule has 0 spiro atoms. The third-order valence-electron chi connectivity index (χ3n) is 2.84. The topological polar surface area (TPSA) is 0 Å². The van der Waals surface area contributed by atoms with Crippen LogP contribution in [0.5, 0.6) is 0 Å². The standard InChI is InChI=1S/C13H18/c1-5-10(2)11(3)12(4)13-8-6-7-9-13/h5-8H,9H2,1-4H3. The van der Waals surface area contributed by atoms with Crippen molar-refractivity contribution in [2.24, 2.45) is 0 Å². The van der Waals surface area contributed by atoms with Crippen molar-refractivity contribution < 1.29 is 0 Å². The summed E-state index contributed by atoms with van der Waals surface area (Å²) >= 11 is 0. The van der Waals surface area contributed by atoms with Crippen molar-refractivity contribution in [2.45, 2.75) is 34.1 Å². The summed E-state index contributed by atoms with van der Waals surface area (Å²) in [5.74, 6) is 0. The highest BCUT2D eigenvalue weighted by Gasteiger charge is 2.05. The van der Waals surface area contributed by atoms with Gasteiger partial charge in [-0.25, -0.2) is 0 Å². The van der Waals surface area contributed by atoms with Crippen LogP contribution in [0.25, 0.3) is 0 Å². The second-order valence-electron chi connectivity index (χ2n) is 3.55. The molecule has 0 bridgehead atoms. The van der Waals surface area contributed by atoms with Crippen LogP contribution in [-0.4, -0.2) is 0 Å². The molecule has 0 N–H and O–H groups in total. The fourth-order valence-electron chi connectivity index (χ4n) is 1.48. The first-order chi connectivity index (χ1) is 6.16. The summed E-state index contributed by atoms with van der Waals surface area (Å²) in [6.07, 6.45) is 9.82. The molecule has 0 aromatic rings. The van der Waals surface area contributed by atoms with Gasteiger partial charge in [0.15, 0.2) is 0 Å². The second kappa shape index (κ2) is 4.27. The van der Waals surface area contributed by atoms with Gasteiger partial charge in [-0.1, -0.05) is 29.9 Å². The van der Waals surface area contributed by atoms with Gasteiger partial charge < -0.3 is 0 Å². The van der Waals surface area contributed by atoms with Gasteiger partial charge in [0.1, 0.15) is 0 Å². The highest BCUT2D eigenvalue weighted by molar-refractivity contribution is 5.45. The molecule has 0 atom stereocenters. The zero-order valence-electron chi connectivity index (χ0n) is 9.02. The van der Waals surface area contributed by atoms with E-state index in [9.17, 15) is 0 Å². The van der Waals surface area contributed by atoms with Gasteiger partial charge in [-0.2, -0.15) is 0 Å². The summed E-state index contributed by atoms with van der Waals surface area (Å²) < 4.78 is 0. The summed E-state index contributed by atoms with van der Waals surface area (Å²) in [5.41, 5.74) is 5.68. The van der Waals surface area contributed by atoms with Crippen LogP contribution in [0.1, 0.15) is 34.1 Å². The molecular formula is C13H18. The van der Waals surface area contributed by atoms with Gasteiger partial charge in [0.25, 0.3) is 0 Å². The average Bonchev–Trinajstić information content (AvgIpc) is 2.67. The van der Waals surface area contributed by atoms with E-state index in [1.165, 1.54) is 22.3 Å².